The first-order valence-corrected chi connectivity index (χ1v) is 8.92. The summed E-state index contributed by atoms with van der Waals surface area (Å²) >= 11 is 0. The van der Waals surface area contributed by atoms with Crippen molar-refractivity contribution in [3.05, 3.63) is 92.1 Å². The second-order valence-corrected chi connectivity index (χ2v) is 6.30. The van der Waals surface area contributed by atoms with E-state index in [-0.39, 0.29) is 29.8 Å². The molecule has 0 fully saturated rings. The topological polar surface area (TPSA) is 125 Å². The lowest BCUT2D eigenvalue weighted by molar-refractivity contribution is 0.0697. The number of carbonyl (C=O) groups is 1. The van der Waals surface area contributed by atoms with Crippen LogP contribution in [0.1, 0.15) is 34.8 Å². The molecule has 29 heavy (non-hydrogen) atoms. The quantitative estimate of drug-likeness (QED) is 0.555. The van der Waals surface area contributed by atoms with Gasteiger partial charge in [-0.15, -0.1) is 0 Å². The molecule has 0 radical (unpaired) electrons. The molecule has 2 aromatic carbocycles. The number of hydrogen-bond donors (Lipinski definition) is 3. The lowest BCUT2D eigenvalue weighted by Gasteiger charge is -2.12. The molecule has 8 heteroatoms. The van der Waals surface area contributed by atoms with Crippen LogP contribution in [-0.4, -0.2) is 31.4 Å². The highest BCUT2D eigenvalue weighted by Crippen LogP contribution is 2.20. The minimum atomic E-state index is -1.10. The van der Waals surface area contributed by atoms with Crippen molar-refractivity contribution in [1.82, 2.24) is 9.55 Å². The summed E-state index contributed by atoms with van der Waals surface area (Å²) in [5, 5.41) is 19.8. The lowest BCUT2D eigenvalue weighted by atomic mass is 10.1. The van der Waals surface area contributed by atoms with Crippen LogP contribution in [0.4, 0.5) is 5.69 Å². The molecule has 0 bridgehead atoms. The van der Waals surface area contributed by atoms with Gasteiger partial charge in [0.25, 0.3) is 5.56 Å². The third-order valence-electron chi connectivity index (χ3n) is 4.34. The summed E-state index contributed by atoms with van der Waals surface area (Å²) in [7, 11) is 0. The van der Waals surface area contributed by atoms with E-state index < -0.39 is 23.1 Å². The van der Waals surface area contributed by atoms with Gasteiger partial charge in [-0.3, -0.25) is 19.3 Å². The third kappa shape index (κ3) is 4.32. The Morgan fingerprint density at radius 2 is 1.83 bits per heavy atom. The van der Waals surface area contributed by atoms with Crippen molar-refractivity contribution in [2.75, 3.05) is 0 Å². The zero-order valence-corrected chi connectivity index (χ0v) is 15.6. The Hall–Kier alpha value is -3.94. The number of rotatable bonds is 6. The molecule has 1 heterocycles. The Bertz CT molecular complexity index is 1190. The highest BCUT2D eigenvalue weighted by atomic mass is 16.4. The molecule has 0 aliphatic rings. The first kappa shape index (κ1) is 19.8. The smallest absolute Gasteiger partial charge is 0.335 e. The van der Waals surface area contributed by atoms with E-state index in [0.29, 0.717) is 5.69 Å². The van der Waals surface area contributed by atoms with Crippen LogP contribution in [0.25, 0.3) is 0 Å². The number of carboxylic acids is 1. The van der Waals surface area contributed by atoms with Crippen molar-refractivity contribution in [2.24, 2.45) is 4.99 Å². The number of aromatic hydroxyl groups is 1. The second kappa shape index (κ2) is 8.39. The number of benzene rings is 2. The molecule has 0 saturated heterocycles. The molecule has 3 N–H and O–H groups in total. The summed E-state index contributed by atoms with van der Waals surface area (Å²) in [6, 6.07) is 14.9. The van der Waals surface area contributed by atoms with Gasteiger partial charge in [-0.25, -0.2) is 9.59 Å². The number of carboxylic acid groups (broad SMARTS) is 1. The monoisotopic (exact) mass is 393 g/mol. The average molecular weight is 393 g/mol. The first-order valence-electron chi connectivity index (χ1n) is 8.92. The van der Waals surface area contributed by atoms with Gasteiger partial charge < -0.3 is 10.2 Å². The van der Waals surface area contributed by atoms with E-state index in [1.165, 1.54) is 18.2 Å². The third-order valence-corrected chi connectivity index (χ3v) is 4.34. The number of aromatic amines is 1. The van der Waals surface area contributed by atoms with Crippen LogP contribution in [0.3, 0.4) is 0 Å². The Morgan fingerprint density at radius 3 is 2.48 bits per heavy atom. The van der Waals surface area contributed by atoms with Gasteiger partial charge in [-0.05, 0) is 30.2 Å². The molecular formula is C21H19N3O5. The average Bonchev–Trinajstić information content (AvgIpc) is 2.71. The van der Waals surface area contributed by atoms with E-state index in [1.54, 1.807) is 37.3 Å². The Morgan fingerprint density at radius 1 is 1.10 bits per heavy atom. The first-order chi connectivity index (χ1) is 13.9. The molecule has 0 atom stereocenters. The fourth-order valence-electron chi connectivity index (χ4n) is 2.91. The maximum atomic E-state index is 12.4. The predicted octanol–water partition coefficient (Wildman–Crippen LogP) is 2.52. The van der Waals surface area contributed by atoms with E-state index in [0.717, 1.165) is 10.1 Å². The van der Waals surface area contributed by atoms with Crippen molar-refractivity contribution in [3.63, 3.8) is 0 Å². The van der Waals surface area contributed by atoms with Crippen LogP contribution in [0.15, 0.2) is 69.2 Å². The van der Waals surface area contributed by atoms with Crippen molar-refractivity contribution in [3.8, 4) is 5.88 Å². The summed E-state index contributed by atoms with van der Waals surface area (Å²) in [5.74, 6) is -1.59. The largest absolute Gasteiger partial charge is 0.494 e. The number of aromatic nitrogens is 2. The minimum absolute atomic E-state index is 0.0499. The van der Waals surface area contributed by atoms with E-state index >= 15 is 0 Å². The standard InChI is InChI=1S/C21H19N3O5/c1-2-16(22-15-10-6-9-14(11-15)20(27)28)17-18(25)23-21(29)24(19(17)26)12-13-7-4-3-5-8-13/h3-11,26H,2,12H2,1H3,(H,27,28)(H,23,25,29). The van der Waals surface area contributed by atoms with Gasteiger partial charge in [0.2, 0.25) is 5.88 Å². The molecule has 8 nitrogen and oxygen atoms in total. The molecule has 1 aromatic heterocycles. The SMILES string of the molecule is CCC(=Nc1cccc(C(=O)O)c1)c1c(O)n(Cc2ccccc2)c(=O)[nH]c1=O. The maximum Gasteiger partial charge on any atom is 0.335 e. The van der Waals surface area contributed by atoms with Gasteiger partial charge in [0, 0.05) is 0 Å². The van der Waals surface area contributed by atoms with Gasteiger partial charge in [0.1, 0.15) is 5.56 Å². The molecular weight excluding hydrogens is 374 g/mol. The van der Waals surface area contributed by atoms with E-state index in [4.69, 9.17) is 5.11 Å². The Balaban J connectivity index is 2.12. The summed E-state index contributed by atoms with van der Waals surface area (Å²) in [5.41, 5.74) is -0.241. The Labute approximate surface area is 165 Å². The normalized spacial score (nSPS) is 11.4. The summed E-state index contributed by atoms with van der Waals surface area (Å²) < 4.78 is 1.06. The molecule has 0 aliphatic carbocycles. The molecule has 3 aromatic rings. The maximum absolute atomic E-state index is 12.4. The molecule has 148 valence electrons. The van der Waals surface area contributed by atoms with Gasteiger partial charge in [-0.1, -0.05) is 43.3 Å². The van der Waals surface area contributed by atoms with Crippen molar-refractivity contribution < 1.29 is 15.0 Å². The molecule has 0 saturated carbocycles. The van der Waals surface area contributed by atoms with Crippen LogP contribution in [0.2, 0.25) is 0 Å². The number of hydrogen-bond acceptors (Lipinski definition) is 5. The van der Waals surface area contributed by atoms with Crippen LogP contribution in [0, 0.1) is 0 Å². The lowest BCUT2D eigenvalue weighted by Crippen LogP contribution is -2.34. The van der Waals surface area contributed by atoms with Gasteiger partial charge in [-0.2, -0.15) is 0 Å². The van der Waals surface area contributed by atoms with Gasteiger partial charge >= 0.3 is 11.7 Å². The fraction of sp³-hybridized carbons (Fsp3) is 0.143. The highest BCUT2D eigenvalue weighted by Gasteiger charge is 2.19. The van der Waals surface area contributed by atoms with Crippen LogP contribution in [-0.2, 0) is 6.54 Å². The van der Waals surface area contributed by atoms with Crippen LogP contribution in [0.5, 0.6) is 5.88 Å². The summed E-state index contributed by atoms with van der Waals surface area (Å²) in [6.07, 6.45) is 0.275. The summed E-state index contributed by atoms with van der Waals surface area (Å²) in [6.45, 7) is 1.81. The number of H-pyrrole nitrogens is 1. The summed E-state index contributed by atoms with van der Waals surface area (Å²) in [4.78, 5) is 42.4. The molecule has 0 unspecified atom stereocenters. The minimum Gasteiger partial charge on any atom is -0.494 e. The highest BCUT2D eigenvalue weighted by molar-refractivity contribution is 6.03. The molecule has 0 aliphatic heterocycles. The molecule has 0 spiro atoms. The number of nitrogens with one attached hydrogen (secondary N) is 1. The second-order valence-electron chi connectivity index (χ2n) is 6.30. The van der Waals surface area contributed by atoms with Crippen molar-refractivity contribution in [1.29, 1.82) is 0 Å². The number of aliphatic imine (C=N–C) groups is 1. The molecule has 0 amide bonds. The zero-order valence-electron chi connectivity index (χ0n) is 15.6. The predicted molar refractivity (Wildman–Crippen MR) is 108 cm³/mol. The van der Waals surface area contributed by atoms with Crippen molar-refractivity contribution in [2.45, 2.75) is 19.9 Å². The van der Waals surface area contributed by atoms with Crippen LogP contribution < -0.4 is 11.2 Å². The van der Waals surface area contributed by atoms with E-state index in [1.807, 2.05) is 6.07 Å². The number of nitrogens with zero attached hydrogens (tertiary/aromatic N) is 2. The molecule has 3 rings (SSSR count). The Kier molecular flexibility index (Phi) is 5.73. The van der Waals surface area contributed by atoms with E-state index in [9.17, 15) is 19.5 Å². The fourth-order valence-corrected chi connectivity index (χ4v) is 2.91. The van der Waals surface area contributed by atoms with Crippen LogP contribution >= 0.6 is 0 Å². The van der Waals surface area contributed by atoms with Crippen molar-refractivity contribution >= 4 is 17.4 Å². The van der Waals surface area contributed by atoms with Gasteiger partial charge in [0.05, 0.1) is 23.5 Å². The van der Waals surface area contributed by atoms with E-state index in [2.05, 4.69) is 9.98 Å². The van der Waals surface area contributed by atoms with Gasteiger partial charge in [0.15, 0.2) is 0 Å². The zero-order chi connectivity index (χ0) is 21.0. The number of aromatic carboxylic acids is 1.